The van der Waals surface area contributed by atoms with Crippen LogP contribution in [0.5, 0.6) is 0 Å². The van der Waals surface area contributed by atoms with E-state index in [4.69, 9.17) is 0 Å². The molecule has 0 radical (unpaired) electrons. The zero-order valence-electron chi connectivity index (χ0n) is 20.7. The lowest BCUT2D eigenvalue weighted by molar-refractivity contribution is -0.00641. The molecule has 200 valence electrons. The van der Waals surface area contributed by atoms with E-state index < -0.39 is 43.3 Å². The second-order valence-corrected chi connectivity index (χ2v) is 10.4. The molecule has 0 bridgehead atoms. The second-order valence-electron chi connectivity index (χ2n) is 10.4. The maximum atomic E-state index is 15.7. The minimum Gasteiger partial charge on any atom is -0.388 e. The lowest BCUT2D eigenvalue weighted by Crippen LogP contribution is -2.49. The van der Waals surface area contributed by atoms with E-state index in [-0.39, 0.29) is 29.6 Å². The van der Waals surface area contributed by atoms with Gasteiger partial charge in [0.05, 0.1) is 18.8 Å². The third kappa shape index (κ3) is 4.89. The largest absolute Gasteiger partial charge is 0.388 e. The van der Waals surface area contributed by atoms with Crippen LogP contribution in [-0.2, 0) is 6.42 Å². The fourth-order valence-electron chi connectivity index (χ4n) is 5.96. The standard InChI is InChI=1S/C28H32F5N3O/c1-16-9-21-20-5-2-3-6-24(20)34-26(21)27(36(16)15-19(31)12-30)25-22(32)10-17(11-23(25)33)28(37)18-13-35(14-18)8-4-7-29/h2-3,5-6,10-11,16,18-19,27-28,34,37H,4,7-9,12-15H2,1H3/t16-,19-,27-,28+/m1/s1. The Morgan fingerprint density at radius 1 is 1.11 bits per heavy atom. The lowest BCUT2D eigenvalue weighted by Gasteiger charge is -2.42. The summed E-state index contributed by atoms with van der Waals surface area (Å²) in [5, 5.41) is 11.7. The number of benzene rings is 2. The summed E-state index contributed by atoms with van der Waals surface area (Å²) >= 11 is 0. The number of aliphatic hydroxyl groups excluding tert-OH is 1. The van der Waals surface area contributed by atoms with Crippen LogP contribution in [0.4, 0.5) is 22.0 Å². The summed E-state index contributed by atoms with van der Waals surface area (Å²) in [5.41, 5.74) is 2.17. The predicted octanol–water partition coefficient (Wildman–Crippen LogP) is 5.41. The number of para-hydroxylation sites is 1. The molecule has 2 aliphatic heterocycles. The third-order valence-corrected chi connectivity index (χ3v) is 7.85. The van der Waals surface area contributed by atoms with Crippen LogP contribution >= 0.6 is 0 Å². The highest BCUT2D eigenvalue weighted by atomic mass is 19.2. The summed E-state index contributed by atoms with van der Waals surface area (Å²) in [6.45, 7) is 1.58. The van der Waals surface area contributed by atoms with Crippen LogP contribution in [0.25, 0.3) is 10.9 Å². The third-order valence-electron chi connectivity index (χ3n) is 7.85. The number of nitrogens with one attached hydrogen (secondary N) is 1. The van der Waals surface area contributed by atoms with Gasteiger partial charge in [-0.2, -0.15) is 0 Å². The van der Waals surface area contributed by atoms with Gasteiger partial charge in [0, 0.05) is 60.3 Å². The molecule has 0 spiro atoms. The van der Waals surface area contributed by atoms with Crippen molar-refractivity contribution >= 4 is 10.9 Å². The molecule has 2 aromatic carbocycles. The zero-order valence-corrected chi connectivity index (χ0v) is 20.7. The van der Waals surface area contributed by atoms with Gasteiger partial charge in [-0.3, -0.25) is 9.29 Å². The van der Waals surface area contributed by atoms with E-state index in [1.807, 2.05) is 36.1 Å². The highest BCUT2D eigenvalue weighted by Crippen LogP contribution is 2.43. The summed E-state index contributed by atoms with van der Waals surface area (Å²) < 4.78 is 71.4. The number of hydrogen-bond acceptors (Lipinski definition) is 3. The van der Waals surface area contributed by atoms with Crippen LogP contribution in [0.1, 0.15) is 47.9 Å². The second kappa shape index (κ2) is 10.7. The number of rotatable bonds is 9. The van der Waals surface area contributed by atoms with Crippen LogP contribution in [0.2, 0.25) is 0 Å². The van der Waals surface area contributed by atoms with Gasteiger partial charge < -0.3 is 15.0 Å². The topological polar surface area (TPSA) is 42.5 Å². The molecule has 0 aliphatic carbocycles. The molecule has 0 amide bonds. The maximum Gasteiger partial charge on any atom is 0.141 e. The maximum absolute atomic E-state index is 15.7. The van der Waals surface area contributed by atoms with E-state index in [1.165, 1.54) is 0 Å². The molecular formula is C28H32F5N3O. The van der Waals surface area contributed by atoms with Gasteiger partial charge in [-0.1, -0.05) is 18.2 Å². The number of fused-ring (bicyclic) bond motifs is 3. The summed E-state index contributed by atoms with van der Waals surface area (Å²) in [5.74, 6) is -1.88. The molecule has 0 unspecified atom stereocenters. The summed E-state index contributed by atoms with van der Waals surface area (Å²) in [7, 11) is 0. The van der Waals surface area contributed by atoms with Crippen LogP contribution in [0.3, 0.4) is 0 Å². The smallest absolute Gasteiger partial charge is 0.141 e. The molecule has 4 nitrogen and oxygen atoms in total. The van der Waals surface area contributed by atoms with Crippen LogP contribution in [0, 0.1) is 17.6 Å². The molecule has 2 aliphatic rings. The fraction of sp³-hybridized carbons (Fsp3) is 0.500. The number of aromatic amines is 1. The Morgan fingerprint density at radius 2 is 1.81 bits per heavy atom. The Bertz CT molecular complexity index is 1220. The van der Waals surface area contributed by atoms with Crippen molar-refractivity contribution in [2.45, 2.75) is 44.1 Å². The summed E-state index contributed by atoms with van der Waals surface area (Å²) in [4.78, 5) is 6.89. The summed E-state index contributed by atoms with van der Waals surface area (Å²) in [6, 6.07) is 8.58. The first-order chi connectivity index (χ1) is 17.8. The molecule has 9 heteroatoms. The Labute approximate surface area is 213 Å². The predicted molar refractivity (Wildman–Crippen MR) is 133 cm³/mol. The van der Waals surface area contributed by atoms with Gasteiger partial charge in [0.25, 0.3) is 0 Å². The van der Waals surface area contributed by atoms with Gasteiger partial charge in [-0.05, 0) is 49.1 Å². The van der Waals surface area contributed by atoms with Crippen molar-refractivity contribution in [2.24, 2.45) is 5.92 Å². The molecule has 37 heavy (non-hydrogen) atoms. The molecular weight excluding hydrogens is 489 g/mol. The molecule has 0 saturated carbocycles. The van der Waals surface area contributed by atoms with Gasteiger partial charge in [0.2, 0.25) is 0 Å². The lowest BCUT2D eigenvalue weighted by atomic mass is 9.85. The summed E-state index contributed by atoms with van der Waals surface area (Å²) in [6.07, 6.45) is -1.92. The first-order valence-electron chi connectivity index (χ1n) is 12.8. The monoisotopic (exact) mass is 521 g/mol. The number of hydrogen-bond donors (Lipinski definition) is 2. The van der Waals surface area contributed by atoms with Crippen LogP contribution < -0.4 is 0 Å². The van der Waals surface area contributed by atoms with Gasteiger partial charge >= 0.3 is 0 Å². The number of likely N-dealkylation sites (tertiary alicyclic amines) is 1. The van der Waals surface area contributed by atoms with Crippen molar-refractivity contribution < 1.29 is 27.1 Å². The van der Waals surface area contributed by atoms with Gasteiger partial charge in [0.1, 0.15) is 24.5 Å². The van der Waals surface area contributed by atoms with Crippen molar-refractivity contribution in [3.63, 3.8) is 0 Å². The van der Waals surface area contributed by atoms with Crippen molar-refractivity contribution in [3.8, 4) is 0 Å². The highest BCUT2D eigenvalue weighted by molar-refractivity contribution is 5.85. The average molecular weight is 522 g/mol. The van der Waals surface area contributed by atoms with E-state index in [0.29, 0.717) is 38.2 Å². The molecule has 1 saturated heterocycles. The quantitative estimate of drug-likeness (QED) is 0.370. The van der Waals surface area contributed by atoms with E-state index in [1.54, 1.807) is 4.90 Å². The Hall–Kier alpha value is -2.49. The number of aromatic nitrogens is 1. The van der Waals surface area contributed by atoms with Gasteiger partial charge in [-0.15, -0.1) is 0 Å². The highest BCUT2D eigenvalue weighted by Gasteiger charge is 2.40. The number of H-pyrrole nitrogens is 1. The fourth-order valence-corrected chi connectivity index (χ4v) is 5.96. The number of alkyl halides is 3. The van der Waals surface area contributed by atoms with Crippen LogP contribution in [0.15, 0.2) is 36.4 Å². The molecule has 3 aromatic rings. The van der Waals surface area contributed by atoms with Gasteiger partial charge in [-0.25, -0.2) is 17.6 Å². The van der Waals surface area contributed by atoms with Crippen molar-refractivity contribution in [1.82, 2.24) is 14.8 Å². The first kappa shape index (κ1) is 26.1. The van der Waals surface area contributed by atoms with Crippen molar-refractivity contribution in [1.29, 1.82) is 0 Å². The normalized spacial score (nSPS) is 22.7. The molecule has 1 fully saturated rings. The van der Waals surface area contributed by atoms with E-state index in [2.05, 4.69) is 4.98 Å². The molecule has 1 aromatic heterocycles. The Kier molecular flexibility index (Phi) is 7.56. The Balaban J connectivity index is 1.51. The van der Waals surface area contributed by atoms with Crippen molar-refractivity contribution in [2.75, 3.05) is 39.5 Å². The molecule has 2 N–H and O–H groups in total. The molecule has 4 atom stereocenters. The number of aliphatic hydroxyl groups is 1. The van der Waals surface area contributed by atoms with E-state index in [0.717, 1.165) is 28.6 Å². The minimum atomic E-state index is -1.79. The Morgan fingerprint density at radius 3 is 2.49 bits per heavy atom. The SMILES string of the molecule is C[C@@H]1Cc2c([nH]c3ccccc23)[C@@H](c2c(F)cc([C@H](O)C3CN(CCCF)C3)cc2F)N1C[C@H](F)CF. The first-order valence-corrected chi connectivity index (χ1v) is 12.8. The van der Waals surface area contributed by atoms with Crippen molar-refractivity contribution in [3.05, 3.63) is 70.4 Å². The molecule has 5 rings (SSSR count). The number of nitrogens with zero attached hydrogens (tertiary/aromatic N) is 2. The molecule has 3 heterocycles. The van der Waals surface area contributed by atoms with E-state index >= 15 is 8.78 Å². The van der Waals surface area contributed by atoms with Crippen LogP contribution in [-0.4, -0.2) is 71.6 Å². The zero-order chi connectivity index (χ0) is 26.3. The van der Waals surface area contributed by atoms with E-state index in [9.17, 15) is 18.3 Å². The number of halogens is 5. The average Bonchev–Trinajstić information content (AvgIpc) is 3.22. The minimum absolute atomic E-state index is 0.133. The van der Waals surface area contributed by atoms with Gasteiger partial charge in [0.15, 0.2) is 0 Å².